The second-order valence-corrected chi connectivity index (χ2v) is 10.7. The highest BCUT2D eigenvalue weighted by atomic mass is 31.2. The highest BCUT2D eigenvalue weighted by Gasteiger charge is 2.46. The van der Waals surface area contributed by atoms with Gasteiger partial charge in [0.2, 0.25) is 0 Å². The number of hydrogen-bond acceptors (Lipinski definition) is 2. The Morgan fingerprint density at radius 3 is 2.64 bits per heavy atom. The third-order valence-electron chi connectivity index (χ3n) is 5.20. The highest BCUT2D eigenvalue weighted by Crippen LogP contribution is 2.64. The van der Waals surface area contributed by atoms with Gasteiger partial charge in [-0.15, -0.1) is 0 Å². The van der Waals surface area contributed by atoms with Crippen molar-refractivity contribution in [1.82, 2.24) is 0 Å². The number of aliphatic hydroxyl groups is 1. The predicted octanol–water partition coefficient (Wildman–Crippen LogP) is 5.29. The van der Waals surface area contributed by atoms with Crippen molar-refractivity contribution in [2.24, 2.45) is 5.92 Å². The van der Waals surface area contributed by atoms with Crippen molar-refractivity contribution in [3.8, 4) is 0 Å². The average Bonchev–Trinajstić information content (AvgIpc) is 2.88. The van der Waals surface area contributed by atoms with Crippen LogP contribution in [0.25, 0.3) is 0 Å². The second kappa shape index (κ2) is 7.79. The second-order valence-electron chi connectivity index (χ2n) is 7.17. The van der Waals surface area contributed by atoms with E-state index >= 15 is 0 Å². The van der Waals surface area contributed by atoms with E-state index in [1.54, 1.807) is 0 Å². The van der Waals surface area contributed by atoms with E-state index in [1.165, 1.54) is 18.4 Å². The van der Waals surface area contributed by atoms with E-state index in [0.717, 1.165) is 38.0 Å². The molecule has 0 aliphatic carbocycles. The Hall–Kier alpha value is -0.590. The Balaban J connectivity index is 1.90. The molecule has 2 nitrogen and oxygen atoms in total. The molecule has 22 heavy (non-hydrogen) atoms. The Morgan fingerprint density at radius 2 is 1.95 bits per heavy atom. The molecule has 0 bridgehead atoms. The SMILES string of the molecule is CCCCCCC(C)(O)P1(=O)CCC(Cc2ccccc2)C1. The van der Waals surface area contributed by atoms with Crippen LogP contribution in [0.1, 0.15) is 57.9 Å². The van der Waals surface area contributed by atoms with Crippen LogP contribution in [-0.4, -0.2) is 22.8 Å². The van der Waals surface area contributed by atoms with E-state index in [2.05, 4.69) is 31.2 Å². The lowest BCUT2D eigenvalue weighted by molar-refractivity contribution is 0.129. The zero-order valence-electron chi connectivity index (χ0n) is 14.1. The lowest BCUT2D eigenvalue weighted by Gasteiger charge is -2.31. The average molecular weight is 322 g/mol. The van der Waals surface area contributed by atoms with Gasteiger partial charge in [0.25, 0.3) is 0 Å². The molecule has 3 heteroatoms. The summed E-state index contributed by atoms with van der Waals surface area (Å²) in [6, 6.07) is 10.4. The van der Waals surface area contributed by atoms with Crippen molar-refractivity contribution >= 4 is 7.14 Å². The molecule has 0 spiro atoms. The number of rotatable bonds is 8. The lowest BCUT2D eigenvalue weighted by Crippen LogP contribution is -2.25. The van der Waals surface area contributed by atoms with Gasteiger partial charge in [0.1, 0.15) is 12.5 Å². The van der Waals surface area contributed by atoms with Crippen molar-refractivity contribution < 1.29 is 9.67 Å². The van der Waals surface area contributed by atoms with Crippen LogP contribution in [0.3, 0.4) is 0 Å². The third-order valence-corrected chi connectivity index (χ3v) is 9.27. The Kier molecular flexibility index (Phi) is 6.29. The van der Waals surface area contributed by atoms with Crippen molar-refractivity contribution in [3.63, 3.8) is 0 Å². The van der Waals surface area contributed by atoms with Crippen LogP contribution in [-0.2, 0) is 11.0 Å². The molecule has 1 aliphatic rings. The van der Waals surface area contributed by atoms with E-state index < -0.39 is 12.5 Å². The maximum Gasteiger partial charge on any atom is 0.118 e. The Morgan fingerprint density at radius 1 is 1.23 bits per heavy atom. The molecule has 3 atom stereocenters. The predicted molar refractivity (Wildman–Crippen MR) is 95.0 cm³/mol. The van der Waals surface area contributed by atoms with E-state index in [9.17, 15) is 9.67 Å². The molecule has 2 rings (SSSR count). The number of hydrogen-bond donors (Lipinski definition) is 1. The fourth-order valence-corrected chi connectivity index (χ4v) is 7.18. The standard InChI is InChI=1S/C19H31O2P/c1-3-4-5-9-13-19(2,20)22(21)14-12-18(16-22)15-17-10-7-6-8-11-17/h6-8,10-11,18,20H,3-5,9,12-16H2,1-2H3. The summed E-state index contributed by atoms with van der Waals surface area (Å²) in [4.78, 5) is 0. The van der Waals surface area contributed by atoms with Crippen LogP contribution in [0.15, 0.2) is 30.3 Å². The van der Waals surface area contributed by atoms with Gasteiger partial charge in [-0.05, 0) is 37.7 Å². The molecule has 1 aromatic carbocycles. The fourth-order valence-electron chi connectivity index (χ4n) is 3.63. The van der Waals surface area contributed by atoms with Crippen molar-refractivity contribution in [2.75, 3.05) is 12.3 Å². The van der Waals surface area contributed by atoms with Gasteiger partial charge in [-0.1, -0.05) is 62.9 Å². The first-order chi connectivity index (χ1) is 10.5. The molecular formula is C19H31O2P. The molecule has 1 saturated heterocycles. The van der Waals surface area contributed by atoms with Gasteiger partial charge in [-0.2, -0.15) is 0 Å². The minimum Gasteiger partial charge on any atom is -0.382 e. The van der Waals surface area contributed by atoms with E-state index in [4.69, 9.17) is 0 Å². The van der Waals surface area contributed by atoms with Gasteiger partial charge in [0.05, 0.1) is 0 Å². The van der Waals surface area contributed by atoms with Crippen molar-refractivity contribution in [1.29, 1.82) is 0 Å². The number of benzene rings is 1. The van der Waals surface area contributed by atoms with Gasteiger partial charge in [0, 0.05) is 12.3 Å². The maximum absolute atomic E-state index is 13.2. The summed E-state index contributed by atoms with van der Waals surface area (Å²) in [5.41, 5.74) is 1.32. The molecule has 0 saturated carbocycles. The number of unbranched alkanes of at least 4 members (excludes halogenated alkanes) is 3. The topological polar surface area (TPSA) is 37.3 Å². The molecule has 0 amide bonds. The molecule has 1 aliphatic heterocycles. The molecule has 0 radical (unpaired) electrons. The van der Waals surface area contributed by atoms with Crippen LogP contribution in [0.2, 0.25) is 0 Å². The molecular weight excluding hydrogens is 291 g/mol. The first-order valence-corrected chi connectivity index (χ1v) is 10.9. The summed E-state index contributed by atoms with van der Waals surface area (Å²) in [5.74, 6) is 0.468. The first-order valence-electron chi connectivity index (χ1n) is 8.81. The van der Waals surface area contributed by atoms with Crippen LogP contribution >= 0.6 is 7.14 Å². The van der Waals surface area contributed by atoms with Crippen LogP contribution in [0, 0.1) is 5.92 Å². The Labute approximate surface area is 135 Å². The summed E-state index contributed by atoms with van der Waals surface area (Å²) in [6.45, 7) is 4.01. The van der Waals surface area contributed by atoms with Crippen molar-refractivity contribution in [2.45, 2.75) is 64.1 Å². The molecule has 0 aromatic heterocycles. The molecule has 124 valence electrons. The quantitative estimate of drug-likeness (QED) is 0.521. The van der Waals surface area contributed by atoms with Crippen LogP contribution < -0.4 is 0 Å². The van der Waals surface area contributed by atoms with Gasteiger partial charge in [-0.25, -0.2) is 0 Å². The monoisotopic (exact) mass is 322 g/mol. The minimum absolute atomic E-state index is 0.468. The molecule has 1 heterocycles. The summed E-state index contributed by atoms with van der Waals surface area (Å²) >= 11 is 0. The zero-order chi connectivity index (χ0) is 16.1. The van der Waals surface area contributed by atoms with Crippen LogP contribution in [0.4, 0.5) is 0 Å². The Bertz CT molecular complexity index is 495. The van der Waals surface area contributed by atoms with Crippen LogP contribution in [0.5, 0.6) is 0 Å². The summed E-state index contributed by atoms with van der Waals surface area (Å²) in [5, 5.41) is 9.84. The molecule has 1 fully saturated rings. The summed E-state index contributed by atoms with van der Waals surface area (Å²) in [6.07, 6.45) is 8.68. The van der Waals surface area contributed by atoms with Crippen molar-refractivity contribution in [3.05, 3.63) is 35.9 Å². The molecule has 1 N–H and O–H groups in total. The highest BCUT2D eigenvalue weighted by molar-refractivity contribution is 7.65. The fraction of sp³-hybridized carbons (Fsp3) is 0.684. The van der Waals surface area contributed by atoms with Gasteiger partial charge >= 0.3 is 0 Å². The van der Waals surface area contributed by atoms with E-state index in [-0.39, 0.29) is 0 Å². The van der Waals surface area contributed by atoms with Gasteiger partial charge in [-0.3, -0.25) is 0 Å². The van der Waals surface area contributed by atoms with E-state index in [0.29, 0.717) is 12.3 Å². The van der Waals surface area contributed by atoms with Gasteiger partial charge < -0.3 is 9.67 Å². The first kappa shape index (κ1) is 17.8. The lowest BCUT2D eigenvalue weighted by atomic mass is 9.99. The smallest absolute Gasteiger partial charge is 0.118 e. The third kappa shape index (κ3) is 4.46. The largest absolute Gasteiger partial charge is 0.382 e. The normalized spacial score (nSPS) is 27.7. The maximum atomic E-state index is 13.2. The zero-order valence-corrected chi connectivity index (χ0v) is 15.0. The summed E-state index contributed by atoms with van der Waals surface area (Å²) in [7, 11) is -2.46. The molecule has 3 unspecified atom stereocenters. The molecule has 1 aromatic rings. The minimum atomic E-state index is -2.46. The van der Waals surface area contributed by atoms with Gasteiger partial charge in [0.15, 0.2) is 0 Å². The van der Waals surface area contributed by atoms with E-state index in [1.807, 2.05) is 13.0 Å². The summed E-state index contributed by atoms with van der Waals surface area (Å²) < 4.78 is 13.2.